The highest BCUT2D eigenvalue weighted by Crippen LogP contribution is 2.24. The number of benzene rings is 2. The molecule has 6 heteroatoms. The van der Waals surface area contributed by atoms with E-state index < -0.39 is 0 Å². The molecule has 0 fully saturated rings. The molecule has 2 aromatic carbocycles. The molecule has 0 saturated carbocycles. The molecule has 0 amide bonds. The summed E-state index contributed by atoms with van der Waals surface area (Å²) in [6.07, 6.45) is 0. The van der Waals surface area contributed by atoms with Gasteiger partial charge in [0.15, 0.2) is 13.5 Å². The van der Waals surface area contributed by atoms with Crippen LogP contribution in [0.1, 0.15) is 0 Å². The maximum absolute atomic E-state index is 5.33. The molecule has 2 rings (SSSR count). The van der Waals surface area contributed by atoms with Gasteiger partial charge in [-0.05, 0) is 35.4 Å². The van der Waals surface area contributed by atoms with E-state index in [1.807, 2.05) is 48.5 Å². The van der Waals surface area contributed by atoms with Crippen molar-refractivity contribution in [1.29, 1.82) is 0 Å². The second-order valence-electron chi connectivity index (χ2n) is 4.03. The first-order valence-corrected chi connectivity index (χ1v) is 6.16. The van der Waals surface area contributed by atoms with Crippen LogP contribution in [-0.4, -0.2) is 13.5 Å². The Morgan fingerprint density at radius 3 is 1.30 bits per heavy atom. The molecule has 0 aromatic heterocycles. The fourth-order valence-electron chi connectivity index (χ4n) is 1.74. The highest BCUT2D eigenvalue weighted by Gasteiger charge is 2.00. The molecule has 0 unspecified atom stereocenters. The smallest absolute Gasteiger partial charge is 0.151 e. The zero-order chi connectivity index (χ0) is 14.2. The fraction of sp³-hybridized carbons (Fsp3) is 0.143. The Balaban J connectivity index is 2.03. The van der Waals surface area contributed by atoms with Crippen LogP contribution in [-0.2, 0) is 0 Å². The molecule has 20 heavy (non-hydrogen) atoms. The quantitative estimate of drug-likeness (QED) is 0.341. The van der Waals surface area contributed by atoms with Crippen molar-refractivity contribution in [2.24, 2.45) is 11.7 Å². The summed E-state index contributed by atoms with van der Waals surface area (Å²) in [5.74, 6) is 11.8. The highest BCUT2D eigenvalue weighted by molar-refractivity contribution is 5.64. The van der Waals surface area contributed by atoms with Crippen molar-refractivity contribution in [3.63, 3.8) is 0 Å². The van der Waals surface area contributed by atoms with E-state index in [0.717, 1.165) is 22.6 Å². The molecule has 0 bridgehead atoms. The van der Waals surface area contributed by atoms with E-state index in [0.29, 0.717) is 0 Å². The standard InChI is InChI=1S/C14H18N4O2/c15-17-9-19-13-5-1-11(2-6-13)12-3-7-14(8-4-12)20-10-18-16/h1-8,17-18H,9-10,15-16H2. The molecule has 2 aromatic rings. The summed E-state index contributed by atoms with van der Waals surface area (Å²) in [5, 5.41) is 0. The monoisotopic (exact) mass is 274 g/mol. The van der Waals surface area contributed by atoms with Crippen LogP contribution in [0, 0.1) is 0 Å². The summed E-state index contributed by atoms with van der Waals surface area (Å²) in [4.78, 5) is 0. The average molecular weight is 274 g/mol. The molecule has 0 atom stereocenters. The Morgan fingerprint density at radius 2 is 1.00 bits per heavy atom. The van der Waals surface area contributed by atoms with Crippen LogP contribution in [0.2, 0.25) is 0 Å². The minimum absolute atomic E-state index is 0.278. The van der Waals surface area contributed by atoms with Crippen LogP contribution in [0.5, 0.6) is 11.5 Å². The number of nitrogens with two attached hydrogens (primary N) is 2. The number of nitrogens with one attached hydrogen (secondary N) is 2. The van der Waals surface area contributed by atoms with Crippen molar-refractivity contribution in [3.8, 4) is 22.6 Å². The minimum atomic E-state index is 0.278. The fourth-order valence-corrected chi connectivity index (χ4v) is 1.74. The third kappa shape index (κ3) is 3.94. The van der Waals surface area contributed by atoms with Gasteiger partial charge in [0.2, 0.25) is 0 Å². The third-order valence-electron chi connectivity index (χ3n) is 2.69. The predicted molar refractivity (Wildman–Crippen MR) is 77.5 cm³/mol. The van der Waals surface area contributed by atoms with Gasteiger partial charge in [-0.2, -0.15) is 0 Å². The van der Waals surface area contributed by atoms with Gasteiger partial charge in [-0.25, -0.2) is 10.9 Å². The number of hydrogen-bond acceptors (Lipinski definition) is 6. The van der Waals surface area contributed by atoms with Gasteiger partial charge in [-0.15, -0.1) is 0 Å². The van der Waals surface area contributed by atoms with Crippen molar-refractivity contribution in [2.45, 2.75) is 0 Å². The zero-order valence-electron chi connectivity index (χ0n) is 11.0. The predicted octanol–water partition coefficient (Wildman–Crippen LogP) is 0.953. The van der Waals surface area contributed by atoms with Gasteiger partial charge in [0.05, 0.1) is 0 Å². The van der Waals surface area contributed by atoms with Gasteiger partial charge in [0.25, 0.3) is 0 Å². The summed E-state index contributed by atoms with van der Waals surface area (Å²) >= 11 is 0. The van der Waals surface area contributed by atoms with Gasteiger partial charge in [-0.1, -0.05) is 24.3 Å². The summed E-state index contributed by atoms with van der Waals surface area (Å²) < 4.78 is 10.7. The Bertz CT molecular complexity index is 464. The zero-order valence-corrected chi connectivity index (χ0v) is 11.0. The lowest BCUT2D eigenvalue weighted by Gasteiger charge is -2.08. The Morgan fingerprint density at radius 1 is 0.650 bits per heavy atom. The van der Waals surface area contributed by atoms with Crippen LogP contribution in [0.15, 0.2) is 48.5 Å². The largest absolute Gasteiger partial charge is 0.477 e. The summed E-state index contributed by atoms with van der Waals surface area (Å²) in [5.41, 5.74) is 7.07. The van der Waals surface area contributed by atoms with Crippen molar-refractivity contribution >= 4 is 0 Å². The van der Waals surface area contributed by atoms with Crippen LogP contribution >= 0.6 is 0 Å². The second-order valence-corrected chi connectivity index (χ2v) is 4.03. The van der Waals surface area contributed by atoms with Crippen molar-refractivity contribution in [3.05, 3.63) is 48.5 Å². The molecule has 0 radical (unpaired) electrons. The van der Waals surface area contributed by atoms with Gasteiger partial charge in [0.1, 0.15) is 11.5 Å². The summed E-state index contributed by atoms with van der Waals surface area (Å²) in [7, 11) is 0. The molecule has 0 aliphatic heterocycles. The lowest BCUT2D eigenvalue weighted by Crippen LogP contribution is -2.26. The SMILES string of the molecule is NNCOc1ccc(-c2ccc(OCNN)cc2)cc1. The number of ether oxygens (including phenoxy) is 2. The maximum atomic E-state index is 5.33. The maximum Gasteiger partial charge on any atom is 0.151 e. The first-order valence-electron chi connectivity index (χ1n) is 6.16. The van der Waals surface area contributed by atoms with E-state index >= 15 is 0 Å². The molecule has 0 aliphatic carbocycles. The van der Waals surface area contributed by atoms with Gasteiger partial charge >= 0.3 is 0 Å². The summed E-state index contributed by atoms with van der Waals surface area (Å²) in [6, 6.07) is 15.5. The first kappa shape index (κ1) is 14.3. The van der Waals surface area contributed by atoms with Gasteiger partial charge < -0.3 is 9.47 Å². The molecular formula is C14H18N4O2. The lowest BCUT2D eigenvalue weighted by atomic mass is 10.1. The van der Waals surface area contributed by atoms with Crippen molar-refractivity contribution in [1.82, 2.24) is 10.9 Å². The molecule has 6 N–H and O–H groups in total. The normalized spacial score (nSPS) is 10.3. The van der Waals surface area contributed by atoms with E-state index in [-0.39, 0.29) is 13.5 Å². The molecule has 0 heterocycles. The second kappa shape index (κ2) is 7.46. The number of rotatable bonds is 7. The molecular weight excluding hydrogens is 256 g/mol. The third-order valence-corrected chi connectivity index (χ3v) is 2.69. The van der Waals surface area contributed by atoms with E-state index in [1.54, 1.807) is 0 Å². The lowest BCUT2D eigenvalue weighted by molar-refractivity contribution is 0.286. The highest BCUT2D eigenvalue weighted by atomic mass is 16.5. The van der Waals surface area contributed by atoms with Gasteiger partial charge in [0, 0.05) is 0 Å². The molecule has 106 valence electrons. The van der Waals surface area contributed by atoms with E-state index in [2.05, 4.69) is 10.9 Å². The van der Waals surface area contributed by atoms with E-state index in [1.165, 1.54) is 0 Å². The van der Waals surface area contributed by atoms with Crippen LogP contribution < -0.4 is 32.0 Å². The van der Waals surface area contributed by atoms with Crippen molar-refractivity contribution in [2.75, 3.05) is 13.5 Å². The van der Waals surface area contributed by atoms with Crippen molar-refractivity contribution < 1.29 is 9.47 Å². The molecule has 0 aliphatic rings. The van der Waals surface area contributed by atoms with Crippen LogP contribution in [0.25, 0.3) is 11.1 Å². The first-order chi connectivity index (χ1) is 9.83. The summed E-state index contributed by atoms with van der Waals surface area (Å²) in [6.45, 7) is 0.557. The Kier molecular flexibility index (Phi) is 5.33. The molecule has 0 spiro atoms. The van der Waals surface area contributed by atoms with E-state index in [9.17, 15) is 0 Å². The van der Waals surface area contributed by atoms with Gasteiger partial charge in [-0.3, -0.25) is 11.7 Å². The Hall–Kier alpha value is -2.12. The van der Waals surface area contributed by atoms with Crippen LogP contribution in [0.4, 0.5) is 0 Å². The van der Waals surface area contributed by atoms with E-state index in [4.69, 9.17) is 21.2 Å². The Labute approximate surface area is 117 Å². The van der Waals surface area contributed by atoms with Crippen LogP contribution in [0.3, 0.4) is 0 Å². The molecule has 6 nitrogen and oxygen atoms in total. The topological polar surface area (TPSA) is 94.6 Å². The number of hydrogen-bond donors (Lipinski definition) is 4. The molecule has 0 saturated heterocycles. The minimum Gasteiger partial charge on any atom is -0.477 e. The number of hydrazine groups is 2. The average Bonchev–Trinajstić information content (AvgIpc) is 2.52.